The van der Waals surface area contributed by atoms with Crippen molar-refractivity contribution < 1.29 is 9.85 Å². The molecule has 8 nitrogen and oxygen atoms in total. The van der Waals surface area contributed by atoms with Gasteiger partial charge in [-0.2, -0.15) is 5.10 Å². The van der Waals surface area contributed by atoms with Gasteiger partial charge in [-0.1, -0.05) is 47.1 Å². The molecule has 0 aliphatic heterocycles. The highest BCUT2D eigenvalue weighted by Gasteiger charge is 2.60. The van der Waals surface area contributed by atoms with Gasteiger partial charge in [-0.15, -0.1) is 0 Å². The number of anilines is 1. The van der Waals surface area contributed by atoms with E-state index in [0.29, 0.717) is 40.9 Å². The molecule has 0 spiro atoms. The standard InChI is InChI=1S/C26H34N4O4/c1-13-17-9-15(25(13,3)4)10-19(17)23-20-12-18(14(2)26(20,5)6)24(23)28-27-21-8-7-16(29(31)32)11-22(21)30(33)34/h7-8,11,13-15,17-18,20,27H,9-10,12H2,1-6H3/b23-19+,28-24-/t13-,14+,15+,17+,18-,20-/m1/s1. The van der Waals surface area contributed by atoms with E-state index in [2.05, 4.69) is 47.0 Å². The van der Waals surface area contributed by atoms with Gasteiger partial charge in [-0.3, -0.25) is 25.7 Å². The van der Waals surface area contributed by atoms with Gasteiger partial charge in [0.15, 0.2) is 0 Å². The van der Waals surface area contributed by atoms with E-state index in [1.54, 1.807) is 5.57 Å². The predicted molar refractivity (Wildman–Crippen MR) is 132 cm³/mol. The number of nitrogens with one attached hydrogen (secondary N) is 1. The third kappa shape index (κ3) is 3.06. The van der Waals surface area contributed by atoms with Gasteiger partial charge in [0.1, 0.15) is 5.69 Å². The Labute approximate surface area is 200 Å². The zero-order valence-electron chi connectivity index (χ0n) is 20.8. The van der Waals surface area contributed by atoms with Crippen molar-refractivity contribution in [1.82, 2.24) is 0 Å². The molecule has 0 aromatic heterocycles. The third-order valence-electron chi connectivity index (χ3n) is 10.5. The summed E-state index contributed by atoms with van der Waals surface area (Å²) in [4.78, 5) is 21.5. The van der Waals surface area contributed by atoms with Crippen LogP contribution in [-0.2, 0) is 0 Å². The Morgan fingerprint density at radius 3 is 2.24 bits per heavy atom. The first kappa shape index (κ1) is 23.0. The molecule has 1 aromatic carbocycles. The summed E-state index contributed by atoms with van der Waals surface area (Å²) in [5.74, 6) is 3.12. The minimum Gasteiger partial charge on any atom is -0.271 e. The SMILES string of the molecule is C[C@@H]1[C@@H]2C[C@@H](C/C2=C2\C(=N/Nc3ccc([N+](=O)[O-])cc3[N+](=O)[O-])[C@@H]3C[C@H]2C(C)(C)[C@H]3C)C1(C)C. The lowest BCUT2D eigenvalue weighted by molar-refractivity contribution is -0.393. The maximum absolute atomic E-state index is 11.6. The van der Waals surface area contributed by atoms with Crippen LogP contribution in [0.2, 0.25) is 0 Å². The Bertz CT molecular complexity index is 1150. The van der Waals surface area contributed by atoms with Crippen LogP contribution in [0.3, 0.4) is 0 Å². The maximum atomic E-state index is 11.6. The van der Waals surface area contributed by atoms with Gasteiger partial charge < -0.3 is 0 Å². The molecule has 4 bridgehead atoms. The normalized spacial score (nSPS) is 38.0. The van der Waals surface area contributed by atoms with E-state index in [1.165, 1.54) is 24.1 Å². The molecule has 4 saturated carbocycles. The number of benzene rings is 1. The lowest BCUT2D eigenvalue weighted by Gasteiger charge is -2.42. The van der Waals surface area contributed by atoms with Crippen molar-refractivity contribution >= 4 is 22.8 Å². The molecule has 0 saturated heterocycles. The Morgan fingerprint density at radius 1 is 0.971 bits per heavy atom. The molecule has 1 aromatic rings. The summed E-state index contributed by atoms with van der Waals surface area (Å²) in [5.41, 5.74) is 7.06. The van der Waals surface area contributed by atoms with Gasteiger partial charge in [0, 0.05) is 12.0 Å². The van der Waals surface area contributed by atoms with Crippen molar-refractivity contribution in [2.24, 2.45) is 51.4 Å². The second kappa shape index (κ2) is 7.36. The highest BCUT2D eigenvalue weighted by Crippen LogP contribution is 2.67. The van der Waals surface area contributed by atoms with E-state index >= 15 is 0 Å². The molecule has 182 valence electrons. The average molecular weight is 467 g/mol. The lowest BCUT2D eigenvalue weighted by atomic mass is 9.62. The van der Waals surface area contributed by atoms with Crippen LogP contribution in [-0.4, -0.2) is 15.6 Å². The molecular formula is C26H34N4O4. The van der Waals surface area contributed by atoms with Crippen molar-refractivity contribution in [1.29, 1.82) is 0 Å². The first-order chi connectivity index (χ1) is 15.9. The molecular weight excluding hydrogens is 432 g/mol. The van der Waals surface area contributed by atoms with Gasteiger partial charge in [0.2, 0.25) is 0 Å². The Morgan fingerprint density at radius 2 is 1.65 bits per heavy atom. The minimum absolute atomic E-state index is 0.185. The number of fused-ring (bicyclic) bond motifs is 4. The molecule has 8 heteroatoms. The van der Waals surface area contributed by atoms with Crippen LogP contribution < -0.4 is 5.43 Å². The Hall–Kier alpha value is -2.77. The van der Waals surface area contributed by atoms with Crippen LogP contribution in [0.5, 0.6) is 0 Å². The number of hydrazone groups is 1. The largest absolute Gasteiger partial charge is 0.301 e. The van der Waals surface area contributed by atoms with Gasteiger partial charge in [-0.05, 0) is 71.3 Å². The number of nitro benzene ring substituents is 2. The predicted octanol–water partition coefficient (Wildman–Crippen LogP) is 6.58. The van der Waals surface area contributed by atoms with Gasteiger partial charge in [0.05, 0.1) is 21.6 Å². The molecule has 0 radical (unpaired) electrons. The van der Waals surface area contributed by atoms with E-state index in [-0.39, 0.29) is 22.5 Å². The number of hydrogen-bond donors (Lipinski definition) is 1. The Balaban J connectivity index is 1.56. The number of nitrogens with zero attached hydrogens (tertiary/aromatic N) is 3. The van der Waals surface area contributed by atoms with Crippen molar-refractivity contribution in [3.05, 3.63) is 49.6 Å². The molecule has 4 aliphatic rings. The lowest BCUT2D eigenvalue weighted by Crippen LogP contribution is -2.38. The van der Waals surface area contributed by atoms with Gasteiger partial charge in [0.25, 0.3) is 5.69 Å². The molecule has 5 rings (SSSR count). The molecule has 0 amide bonds. The van der Waals surface area contributed by atoms with Crippen LogP contribution in [0.1, 0.15) is 60.8 Å². The van der Waals surface area contributed by atoms with Crippen LogP contribution in [0.4, 0.5) is 17.1 Å². The summed E-state index contributed by atoms with van der Waals surface area (Å²) in [5, 5.41) is 27.5. The quantitative estimate of drug-likeness (QED) is 0.398. The number of non-ortho nitro benzene ring substituents is 1. The van der Waals surface area contributed by atoms with Crippen LogP contribution in [0.25, 0.3) is 0 Å². The average Bonchev–Trinajstić information content (AvgIpc) is 3.47. The highest BCUT2D eigenvalue weighted by atomic mass is 16.6. The van der Waals surface area contributed by atoms with Crippen LogP contribution >= 0.6 is 0 Å². The molecule has 0 heterocycles. The zero-order chi connectivity index (χ0) is 24.7. The number of allylic oxidation sites excluding steroid dienone is 2. The van der Waals surface area contributed by atoms with Crippen LogP contribution in [0, 0.1) is 66.6 Å². The van der Waals surface area contributed by atoms with E-state index in [1.807, 2.05) is 0 Å². The van der Waals surface area contributed by atoms with Crippen molar-refractivity contribution in [3.63, 3.8) is 0 Å². The van der Waals surface area contributed by atoms with Crippen molar-refractivity contribution in [3.8, 4) is 0 Å². The van der Waals surface area contributed by atoms with Crippen LogP contribution in [0.15, 0.2) is 34.4 Å². The zero-order valence-corrected chi connectivity index (χ0v) is 20.8. The number of rotatable bonds is 4. The first-order valence-corrected chi connectivity index (χ1v) is 12.3. The second-order valence-electron chi connectivity index (χ2n) is 12.1. The summed E-state index contributed by atoms with van der Waals surface area (Å²) < 4.78 is 0. The van der Waals surface area contributed by atoms with E-state index < -0.39 is 9.85 Å². The van der Waals surface area contributed by atoms with E-state index in [4.69, 9.17) is 5.10 Å². The van der Waals surface area contributed by atoms with Gasteiger partial charge in [-0.25, -0.2) is 0 Å². The highest BCUT2D eigenvalue weighted by molar-refractivity contribution is 6.07. The minimum atomic E-state index is -0.622. The smallest absolute Gasteiger partial charge is 0.271 e. The summed E-state index contributed by atoms with van der Waals surface area (Å²) in [6.45, 7) is 14.2. The molecule has 4 aliphatic carbocycles. The third-order valence-corrected chi connectivity index (χ3v) is 10.5. The molecule has 34 heavy (non-hydrogen) atoms. The maximum Gasteiger partial charge on any atom is 0.301 e. The topological polar surface area (TPSA) is 111 Å². The fraction of sp³-hybridized carbons (Fsp3) is 0.654. The van der Waals surface area contributed by atoms with Crippen molar-refractivity contribution in [2.75, 3.05) is 5.43 Å². The Kier molecular flexibility index (Phi) is 4.98. The summed E-state index contributed by atoms with van der Waals surface area (Å²) >= 11 is 0. The fourth-order valence-electron chi connectivity index (χ4n) is 7.57. The molecule has 4 fully saturated rings. The summed E-state index contributed by atoms with van der Waals surface area (Å²) in [6, 6.07) is 3.66. The number of nitro groups is 2. The molecule has 0 unspecified atom stereocenters. The first-order valence-electron chi connectivity index (χ1n) is 12.3. The number of hydrogen-bond acceptors (Lipinski definition) is 6. The van der Waals surface area contributed by atoms with E-state index in [0.717, 1.165) is 24.6 Å². The fourth-order valence-corrected chi connectivity index (χ4v) is 7.57. The van der Waals surface area contributed by atoms with E-state index in [9.17, 15) is 20.2 Å². The second-order valence-corrected chi connectivity index (χ2v) is 12.1. The van der Waals surface area contributed by atoms with Gasteiger partial charge >= 0.3 is 5.69 Å². The summed E-state index contributed by atoms with van der Waals surface area (Å²) in [7, 11) is 0. The summed E-state index contributed by atoms with van der Waals surface area (Å²) in [6.07, 6.45) is 3.45. The van der Waals surface area contributed by atoms with Crippen molar-refractivity contribution in [2.45, 2.75) is 60.8 Å². The monoisotopic (exact) mass is 466 g/mol. The molecule has 1 N–H and O–H groups in total. The molecule has 6 atom stereocenters.